The molecule has 7 heteroatoms. The Morgan fingerprint density at radius 3 is 2.16 bits per heavy atom. The van der Waals surface area contributed by atoms with Gasteiger partial charge in [0.1, 0.15) is 5.82 Å². The largest absolute Gasteiger partial charge is 0.464 e. The number of carbonyl (C=O) groups is 2. The van der Waals surface area contributed by atoms with E-state index in [0.717, 1.165) is 4.57 Å². The van der Waals surface area contributed by atoms with Crippen molar-refractivity contribution in [2.45, 2.75) is 0 Å². The molecule has 0 saturated heterocycles. The smallest absolute Gasteiger partial charge is 0.417 e. The van der Waals surface area contributed by atoms with Gasteiger partial charge < -0.3 is 22.3 Å². The average molecular weight is 260 g/mol. The molecule has 1 aromatic heterocycles. The van der Waals surface area contributed by atoms with Crippen molar-refractivity contribution in [3.05, 3.63) is 36.0 Å². The fourth-order valence-electron chi connectivity index (χ4n) is 1.82. The summed E-state index contributed by atoms with van der Waals surface area (Å²) in [5.41, 5.74) is 17.9. The standard InChI is InChI=1S/C12H12N4O3/c13-7-3-1-6(2-4-7)8-5-16(12(18)19)10(14)9(8)11(15)17/h1-5H,13-14H2,(H2,15,17)(H,18,19). The van der Waals surface area contributed by atoms with E-state index in [1.165, 1.54) is 6.20 Å². The SMILES string of the molecule is NC(=O)c1c(-c2ccc(N)cc2)cn(C(=O)O)c1N. The van der Waals surface area contributed by atoms with Crippen molar-refractivity contribution in [3.8, 4) is 11.1 Å². The van der Waals surface area contributed by atoms with Gasteiger partial charge in [0.15, 0.2) is 0 Å². The van der Waals surface area contributed by atoms with Gasteiger partial charge in [-0.15, -0.1) is 0 Å². The van der Waals surface area contributed by atoms with E-state index in [2.05, 4.69) is 0 Å². The second-order valence-electron chi connectivity index (χ2n) is 3.94. The maximum atomic E-state index is 11.4. The fourth-order valence-corrected chi connectivity index (χ4v) is 1.82. The second kappa shape index (κ2) is 4.37. The highest BCUT2D eigenvalue weighted by molar-refractivity contribution is 6.06. The molecular weight excluding hydrogens is 248 g/mol. The lowest BCUT2D eigenvalue weighted by Gasteiger charge is -2.02. The Morgan fingerprint density at radius 1 is 1.11 bits per heavy atom. The summed E-state index contributed by atoms with van der Waals surface area (Å²) in [7, 11) is 0. The van der Waals surface area contributed by atoms with E-state index in [0.29, 0.717) is 16.8 Å². The lowest BCUT2D eigenvalue weighted by atomic mass is 10.0. The summed E-state index contributed by atoms with van der Waals surface area (Å²) in [5.74, 6) is -0.990. The van der Waals surface area contributed by atoms with E-state index < -0.39 is 12.0 Å². The first-order valence-corrected chi connectivity index (χ1v) is 5.31. The Bertz CT molecular complexity index is 658. The fraction of sp³-hybridized carbons (Fsp3) is 0. The minimum absolute atomic E-state index is 0.0211. The maximum absolute atomic E-state index is 11.4. The lowest BCUT2D eigenvalue weighted by Crippen LogP contribution is -2.16. The van der Waals surface area contributed by atoms with Crippen molar-refractivity contribution in [2.24, 2.45) is 5.73 Å². The van der Waals surface area contributed by atoms with E-state index in [1.54, 1.807) is 24.3 Å². The Morgan fingerprint density at radius 2 is 1.68 bits per heavy atom. The maximum Gasteiger partial charge on any atom is 0.417 e. The summed E-state index contributed by atoms with van der Waals surface area (Å²) >= 11 is 0. The summed E-state index contributed by atoms with van der Waals surface area (Å²) < 4.78 is 0.756. The Labute approximate surface area is 108 Å². The minimum atomic E-state index is -1.29. The third-order valence-corrected chi connectivity index (χ3v) is 2.72. The average Bonchev–Trinajstić information content (AvgIpc) is 2.68. The molecule has 1 aromatic carbocycles. The van der Waals surface area contributed by atoms with Gasteiger partial charge in [-0.2, -0.15) is 0 Å². The van der Waals surface area contributed by atoms with Crippen LogP contribution < -0.4 is 17.2 Å². The minimum Gasteiger partial charge on any atom is -0.464 e. The second-order valence-corrected chi connectivity index (χ2v) is 3.94. The summed E-state index contributed by atoms with van der Waals surface area (Å²) in [4.78, 5) is 22.4. The molecule has 0 aliphatic carbocycles. The van der Waals surface area contributed by atoms with Gasteiger partial charge in [-0.25, -0.2) is 9.36 Å². The van der Waals surface area contributed by atoms with E-state index in [-0.39, 0.29) is 11.4 Å². The number of nitrogens with zero attached hydrogens (tertiary/aromatic N) is 1. The highest BCUT2D eigenvalue weighted by Gasteiger charge is 2.21. The van der Waals surface area contributed by atoms with Crippen molar-refractivity contribution in [1.29, 1.82) is 0 Å². The van der Waals surface area contributed by atoms with Crippen LogP contribution >= 0.6 is 0 Å². The van der Waals surface area contributed by atoms with Gasteiger partial charge in [0.2, 0.25) is 0 Å². The molecule has 2 rings (SSSR count). The first-order chi connectivity index (χ1) is 8.91. The van der Waals surface area contributed by atoms with Crippen LogP contribution in [0.5, 0.6) is 0 Å². The number of carboxylic acid groups (broad SMARTS) is 1. The molecule has 0 spiro atoms. The number of nitrogens with two attached hydrogens (primary N) is 3. The summed E-state index contributed by atoms with van der Waals surface area (Å²) in [6.07, 6.45) is -0.0368. The third kappa shape index (κ3) is 2.08. The van der Waals surface area contributed by atoms with Crippen LogP contribution in [0.3, 0.4) is 0 Å². The van der Waals surface area contributed by atoms with E-state index in [4.69, 9.17) is 22.3 Å². The zero-order chi connectivity index (χ0) is 14.2. The van der Waals surface area contributed by atoms with Crippen LogP contribution in [0.2, 0.25) is 0 Å². The Hall–Kier alpha value is -2.96. The van der Waals surface area contributed by atoms with Crippen molar-refractivity contribution >= 4 is 23.5 Å². The molecule has 0 saturated carbocycles. The third-order valence-electron chi connectivity index (χ3n) is 2.72. The number of aromatic nitrogens is 1. The highest BCUT2D eigenvalue weighted by atomic mass is 16.4. The topological polar surface area (TPSA) is 137 Å². The van der Waals surface area contributed by atoms with Crippen molar-refractivity contribution < 1.29 is 14.7 Å². The number of hydrogen-bond acceptors (Lipinski definition) is 4. The van der Waals surface area contributed by atoms with Gasteiger partial charge in [0.25, 0.3) is 5.91 Å². The summed E-state index contributed by atoms with van der Waals surface area (Å²) in [6, 6.07) is 6.58. The molecule has 0 unspecified atom stereocenters. The first-order valence-electron chi connectivity index (χ1n) is 5.31. The molecule has 1 heterocycles. The number of nitrogen functional groups attached to an aromatic ring is 2. The van der Waals surface area contributed by atoms with Crippen LogP contribution in [0.25, 0.3) is 11.1 Å². The van der Waals surface area contributed by atoms with Crippen LogP contribution in [-0.4, -0.2) is 21.7 Å². The predicted molar refractivity (Wildman–Crippen MR) is 70.6 cm³/mol. The van der Waals surface area contributed by atoms with Gasteiger partial charge in [-0.1, -0.05) is 12.1 Å². The van der Waals surface area contributed by atoms with Crippen molar-refractivity contribution in [1.82, 2.24) is 4.57 Å². The van der Waals surface area contributed by atoms with Crippen LogP contribution in [0.4, 0.5) is 16.3 Å². The molecule has 0 aliphatic heterocycles. The number of amides is 1. The number of benzene rings is 1. The highest BCUT2D eigenvalue weighted by Crippen LogP contribution is 2.30. The molecule has 0 atom stereocenters. The van der Waals surface area contributed by atoms with Gasteiger partial charge in [0, 0.05) is 17.4 Å². The Kier molecular flexibility index (Phi) is 2.88. The molecule has 98 valence electrons. The normalized spacial score (nSPS) is 10.3. The quantitative estimate of drug-likeness (QED) is 0.595. The van der Waals surface area contributed by atoms with Crippen molar-refractivity contribution in [3.63, 3.8) is 0 Å². The summed E-state index contributed by atoms with van der Waals surface area (Å²) in [5, 5.41) is 8.99. The zero-order valence-electron chi connectivity index (χ0n) is 9.83. The lowest BCUT2D eigenvalue weighted by molar-refractivity contribution is 0.100. The van der Waals surface area contributed by atoms with E-state index >= 15 is 0 Å². The number of primary amides is 1. The Balaban J connectivity index is 2.68. The molecule has 2 aromatic rings. The van der Waals surface area contributed by atoms with Crippen LogP contribution in [0, 0.1) is 0 Å². The molecule has 7 N–H and O–H groups in total. The van der Waals surface area contributed by atoms with Crippen LogP contribution in [-0.2, 0) is 0 Å². The predicted octanol–water partition coefficient (Wildman–Crippen LogP) is 0.944. The molecule has 19 heavy (non-hydrogen) atoms. The molecule has 0 radical (unpaired) electrons. The van der Waals surface area contributed by atoms with Gasteiger partial charge in [0.05, 0.1) is 5.56 Å². The molecule has 0 bridgehead atoms. The molecular formula is C12H12N4O3. The molecule has 1 amide bonds. The number of anilines is 2. The van der Waals surface area contributed by atoms with Gasteiger partial charge in [-0.05, 0) is 17.7 Å². The molecule has 0 fully saturated rings. The molecule has 7 nitrogen and oxygen atoms in total. The van der Waals surface area contributed by atoms with Crippen LogP contribution in [0.15, 0.2) is 30.5 Å². The number of rotatable bonds is 2. The first kappa shape index (κ1) is 12.5. The van der Waals surface area contributed by atoms with Gasteiger partial charge >= 0.3 is 6.09 Å². The van der Waals surface area contributed by atoms with Gasteiger partial charge in [-0.3, -0.25) is 4.79 Å². The van der Waals surface area contributed by atoms with E-state index in [1.807, 2.05) is 0 Å². The van der Waals surface area contributed by atoms with Crippen LogP contribution in [0.1, 0.15) is 10.4 Å². The molecule has 0 aliphatic rings. The monoisotopic (exact) mass is 260 g/mol. The van der Waals surface area contributed by atoms with Crippen molar-refractivity contribution in [2.75, 3.05) is 11.5 Å². The summed E-state index contributed by atoms with van der Waals surface area (Å²) in [6.45, 7) is 0. The number of carbonyl (C=O) groups excluding carboxylic acids is 1. The zero-order valence-corrected chi connectivity index (χ0v) is 9.83. The number of hydrogen-bond donors (Lipinski definition) is 4. The van der Waals surface area contributed by atoms with E-state index in [9.17, 15) is 9.59 Å².